The Morgan fingerprint density at radius 2 is 1.80 bits per heavy atom. The molecule has 3 rings (SSSR count). The molecular weight excluding hydrogens is 332 g/mol. The van der Waals surface area contributed by atoms with Gasteiger partial charge in [0.15, 0.2) is 0 Å². The molecule has 0 spiro atoms. The minimum atomic E-state index is 0.558. The van der Waals surface area contributed by atoms with Crippen LogP contribution in [0.1, 0.15) is 5.56 Å². The fourth-order valence-electron chi connectivity index (χ4n) is 2.14. The highest BCUT2D eigenvalue weighted by Gasteiger charge is 2.07. The molecule has 0 saturated heterocycles. The van der Waals surface area contributed by atoms with E-state index in [9.17, 15) is 0 Å². The van der Waals surface area contributed by atoms with E-state index in [0.717, 1.165) is 9.50 Å². The first-order valence-electron chi connectivity index (χ1n) is 6.28. The van der Waals surface area contributed by atoms with Gasteiger partial charge in [0.05, 0.1) is 0 Å². The molecule has 0 fully saturated rings. The van der Waals surface area contributed by atoms with Gasteiger partial charge in [0.25, 0.3) is 0 Å². The Hall–Kier alpha value is -1.36. The minimum absolute atomic E-state index is 0.558. The number of benzene rings is 2. The lowest BCUT2D eigenvalue weighted by molar-refractivity contribution is 1.08. The SMILES string of the molecule is NCc1ccc(Sc2ccc(Br)cn2)c2ccccc12. The van der Waals surface area contributed by atoms with Crippen LogP contribution in [-0.2, 0) is 6.54 Å². The monoisotopic (exact) mass is 344 g/mol. The quantitative estimate of drug-likeness (QED) is 0.754. The third-order valence-electron chi connectivity index (χ3n) is 3.11. The van der Waals surface area contributed by atoms with Gasteiger partial charge in [-0.15, -0.1) is 0 Å². The van der Waals surface area contributed by atoms with Crippen LogP contribution in [0.2, 0.25) is 0 Å². The largest absolute Gasteiger partial charge is 0.326 e. The zero-order valence-electron chi connectivity index (χ0n) is 10.7. The second-order valence-electron chi connectivity index (χ2n) is 4.39. The highest BCUT2D eigenvalue weighted by atomic mass is 79.9. The van der Waals surface area contributed by atoms with E-state index in [4.69, 9.17) is 5.73 Å². The van der Waals surface area contributed by atoms with Gasteiger partial charge in [-0.05, 0) is 50.5 Å². The fraction of sp³-hybridized carbons (Fsp3) is 0.0625. The van der Waals surface area contributed by atoms with Crippen molar-refractivity contribution in [2.75, 3.05) is 0 Å². The van der Waals surface area contributed by atoms with Crippen molar-refractivity contribution in [3.8, 4) is 0 Å². The summed E-state index contributed by atoms with van der Waals surface area (Å²) < 4.78 is 0.991. The molecule has 100 valence electrons. The summed E-state index contributed by atoms with van der Waals surface area (Å²) >= 11 is 5.08. The summed E-state index contributed by atoms with van der Waals surface area (Å²) in [6, 6.07) is 16.6. The molecule has 2 N–H and O–H groups in total. The van der Waals surface area contributed by atoms with Crippen LogP contribution in [-0.4, -0.2) is 4.98 Å². The maximum absolute atomic E-state index is 5.81. The Bertz CT molecular complexity index is 741. The zero-order valence-corrected chi connectivity index (χ0v) is 13.1. The number of rotatable bonds is 3. The summed E-state index contributed by atoms with van der Waals surface area (Å²) in [5.41, 5.74) is 6.99. The highest BCUT2D eigenvalue weighted by molar-refractivity contribution is 9.10. The Labute approximate surface area is 130 Å². The minimum Gasteiger partial charge on any atom is -0.326 e. The predicted molar refractivity (Wildman–Crippen MR) is 87.9 cm³/mol. The summed E-state index contributed by atoms with van der Waals surface area (Å²) in [6.45, 7) is 0.558. The lowest BCUT2D eigenvalue weighted by Gasteiger charge is -2.09. The molecule has 0 bridgehead atoms. The standard InChI is InChI=1S/C16H13BrN2S/c17-12-6-8-16(19-10-12)20-15-7-5-11(9-18)13-3-1-2-4-14(13)15/h1-8,10H,9,18H2. The van der Waals surface area contributed by atoms with Crippen molar-refractivity contribution in [2.45, 2.75) is 16.5 Å². The van der Waals surface area contributed by atoms with Gasteiger partial charge in [0, 0.05) is 22.1 Å². The number of hydrogen-bond donors (Lipinski definition) is 1. The topological polar surface area (TPSA) is 38.9 Å². The number of halogens is 1. The number of nitrogens with two attached hydrogens (primary N) is 1. The second-order valence-corrected chi connectivity index (χ2v) is 6.37. The van der Waals surface area contributed by atoms with E-state index >= 15 is 0 Å². The van der Waals surface area contributed by atoms with Crippen LogP contribution in [0.15, 0.2) is 69.1 Å². The van der Waals surface area contributed by atoms with Gasteiger partial charge in [-0.25, -0.2) is 4.98 Å². The van der Waals surface area contributed by atoms with Crippen LogP contribution in [0.3, 0.4) is 0 Å². The van der Waals surface area contributed by atoms with Crippen LogP contribution < -0.4 is 5.73 Å². The first-order valence-corrected chi connectivity index (χ1v) is 7.89. The molecule has 1 aromatic heterocycles. The van der Waals surface area contributed by atoms with E-state index in [2.05, 4.69) is 51.2 Å². The molecule has 0 unspecified atom stereocenters. The van der Waals surface area contributed by atoms with Crippen molar-refractivity contribution >= 4 is 38.5 Å². The summed E-state index contributed by atoms with van der Waals surface area (Å²) in [5.74, 6) is 0. The van der Waals surface area contributed by atoms with Gasteiger partial charge in [0.1, 0.15) is 5.03 Å². The van der Waals surface area contributed by atoms with E-state index < -0.39 is 0 Å². The van der Waals surface area contributed by atoms with Gasteiger partial charge >= 0.3 is 0 Å². The molecule has 0 atom stereocenters. The third kappa shape index (κ3) is 2.73. The smallest absolute Gasteiger partial charge is 0.101 e. The normalized spacial score (nSPS) is 10.9. The number of hydrogen-bond acceptors (Lipinski definition) is 3. The molecule has 3 aromatic rings. The molecule has 2 nitrogen and oxygen atoms in total. The number of pyridine rings is 1. The summed E-state index contributed by atoms with van der Waals surface area (Å²) in [5, 5.41) is 3.43. The molecule has 0 radical (unpaired) electrons. The van der Waals surface area contributed by atoms with E-state index in [-0.39, 0.29) is 0 Å². The second kappa shape index (κ2) is 5.95. The lowest BCUT2D eigenvalue weighted by atomic mass is 10.0. The molecule has 0 aliphatic heterocycles. The van der Waals surface area contributed by atoms with Gasteiger partial charge in [0.2, 0.25) is 0 Å². The van der Waals surface area contributed by atoms with Crippen LogP contribution >= 0.6 is 27.7 Å². The maximum Gasteiger partial charge on any atom is 0.101 e. The van der Waals surface area contributed by atoms with Gasteiger partial charge in [-0.2, -0.15) is 0 Å². The number of fused-ring (bicyclic) bond motifs is 1. The molecule has 0 aliphatic carbocycles. The van der Waals surface area contributed by atoms with Crippen molar-refractivity contribution in [2.24, 2.45) is 5.73 Å². The summed E-state index contributed by atoms with van der Waals surface area (Å²) in [4.78, 5) is 5.62. The van der Waals surface area contributed by atoms with E-state index in [1.54, 1.807) is 11.8 Å². The van der Waals surface area contributed by atoms with Crippen LogP contribution in [0.5, 0.6) is 0 Å². The van der Waals surface area contributed by atoms with Crippen LogP contribution in [0.25, 0.3) is 10.8 Å². The van der Waals surface area contributed by atoms with Gasteiger partial charge in [-0.1, -0.05) is 42.1 Å². The average Bonchev–Trinajstić information content (AvgIpc) is 2.50. The van der Waals surface area contributed by atoms with Crippen molar-refractivity contribution in [1.29, 1.82) is 0 Å². The predicted octanol–water partition coefficient (Wildman–Crippen LogP) is 4.61. The van der Waals surface area contributed by atoms with Gasteiger partial charge < -0.3 is 5.73 Å². The Kier molecular flexibility index (Phi) is 4.05. The molecule has 4 heteroatoms. The summed E-state index contributed by atoms with van der Waals surface area (Å²) in [7, 11) is 0. The Morgan fingerprint density at radius 1 is 1.00 bits per heavy atom. The van der Waals surface area contributed by atoms with Gasteiger partial charge in [-0.3, -0.25) is 0 Å². The molecule has 0 amide bonds. The first kappa shape index (κ1) is 13.6. The molecule has 0 aliphatic rings. The zero-order chi connectivity index (χ0) is 13.9. The molecule has 2 aromatic carbocycles. The molecule has 1 heterocycles. The van der Waals surface area contributed by atoms with Crippen LogP contribution in [0.4, 0.5) is 0 Å². The van der Waals surface area contributed by atoms with E-state index in [0.29, 0.717) is 6.54 Å². The van der Waals surface area contributed by atoms with Crippen molar-refractivity contribution in [3.63, 3.8) is 0 Å². The van der Waals surface area contributed by atoms with E-state index in [1.807, 2.05) is 24.4 Å². The molecule has 0 saturated carbocycles. The third-order valence-corrected chi connectivity index (χ3v) is 4.60. The maximum atomic E-state index is 5.81. The van der Waals surface area contributed by atoms with Crippen molar-refractivity contribution in [1.82, 2.24) is 4.98 Å². The molecular formula is C16H13BrN2S. The highest BCUT2D eigenvalue weighted by Crippen LogP contribution is 2.34. The number of nitrogens with zero attached hydrogens (tertiary/aromatic N) is 1. The number of aromatic nitrogens is 1. The molecule has 20 heavy (non-hydrogen) atoms. The Morgan fingerprint density at radius 3 is 2.50 bits per heavy atom. The van der Waals surface area contributed by atoms with Crippen LogP contribution in [0, 0.1) is 0 Å². The summed E-state index contributed by atoms with van der Waals surface area (Å²) in [6.07, 6.45) is 1.82. The van der Waals surface area contributed by atoms with Crippen molar-refractivity contribution < 1.29 is 0 Å². The Balaban J connectivity index is 2.06. The fourth-order valence-corrected chi connectivity index (χ4v) is 3.26. The first-order chi connectivity index (χ1) is 9.78. The van der Waals surface area contributed by atoms with Crippen molar-refractivity contribution in [3.05, 3.63) is 64.8 Å². The van der Waals surface area contributed by atoms with E-state index in [1.165, 1.54) is 21.2 Å². The lowest BCUT2D eigenvalue weighted by Crippen LogP contribution is -1.97. The average molecular weight is 345 g/mol.